The second-order valence-electron chi connectivity index (χ2n) is 5.14. The molecule has 2 aromatic rings. The molecule has 1 N–H and O–H groups in total. The van der Waals surface area contributed by atoms with Gasteiger partial charge in [0.05, 0.1) is 31.8 Å². The molecule has 1 unspecified atom stereocenters. The number of benzene rings is 1. The second-order valence-corrected chi connectivity index (χ2v) is 5.55. The number of nitrogens with one attached hydrogen (secondary N) is 1. The highest BCUT2D eigenvalue weighted by molar-refractivity contribution is 6.32. The molecule has 0 saturated carbocycles. The number of methoxy groups -OCH3 is 2. The lowest BCUT2D eigenvalue weighted by Crippen LogP contribution is -2.19. The normalized spacial score (nSPS) is 19.8. The van der Waals surface area contributed by atoms with Gasteiger partial charge in [-0.1, -0.05) is 16.8 Å². The fourth-order valence-electron chi connectivity index (χ4n) is 2.43. The molecule has 0 amide bonds. The fraction of sp³-hybridized carbons (Fsp3) is 0.429. The van der Waals surface area contributed by atoms with Crippen molar-refractivity contribution in [1.29, 1.82) is 0 Å². The molecule has 1 aromatic heterocycles. The Balaban J connectivity index is 1.90. The molecule has 23 heavy (non-hydrogen) atoms. The van der Waals surface area contributed by atoms with Gasteiger partial charge in [-0.2, -0.15) is 4.98 Å². The molecule has 0 bridgehead atoms. The van der Waals surface area contributed by atoms with Crippen LogP contribution < -0.4 is 14.8 Å². The van der Waals surface area contributed by atoms with Gasteiger partial charge in [0, 0.05) is 12.0 Å². The smallest absolute Gasteiger partial charge is 0.262 e. The second kappa shape index (κ2) is 5.93. The van der Waals surface area contributed by atoms with E-state index in [0.717, 1.165) is 0 Å². The largest absolute Gasteiger partial charge is 0.493 e. The predicted molar refractivity (Wildman–Crippen MR) is 78.2 cm³/mol. The first-order valence-corrected chi connectivity index (χ1v) is 7.18. The molecular formula is C14H14ClF2N3O3. The SMILES string of the molecule is COc1cc(-c2noc(C3CC(F)(F)CN3)n2)cc(Cl)c1OC. The van der Waals surface area contributed by atoms with E-state index in [1.807, 2.05) is 0 Å². The molecule has 9 heteroatoms. The summed E-state index contributed by atoms with van der Waals surface area (Å²) in [5.74, 6) is -1.63. The molecule has 2 heterocycles. The van der Waals surface area contributed by atoms with Crippen molar-refractivity contribution in [2.45, 2.75) is 18.4 Å². The summed E-state index contributed by atoms with van der Waals surface area (Å²) in [6, 6.07) is 2.56. The van der Waals surface area contributed by atoms with Gasteiger partial charge in [-0.25, -0.2) is 8.78 Å². The van der Waals surface area contributed by atoms with Crippen molar-refractivity contribution in [2.24, 2.45) is 0 Å². The summed E-state index contributed by atoms with van der Waals surface area (Å²) in [7, 11) is 2.95. The number of aromatic nitrogens is 2. The van der Waals surface area contributed by atoms with Crippen LogP contribution in [-0.2, 0) is 0 Å². The number of ether oxygens (including phenoxy) is 2. The minimum Gasteiger partial charge on any atom is -0.493 e. The van der Waals surface area contributed by atoms with E-state index in [4.69, 9.17) is 25.6 Å². The highest BCUT2D eigenvalue weighted by Crippen LogP contribution is 2.39. The molecule has 0 spiro atoms. The molecule has 124 valence electrons. The lowest BCUT2D eigenvalue weighted by Gasteiger charge is -2.10. The van der Waals surface area contributed by atoms with Crippen LogP contribution in [0.2, 0.25) is 5.02 Å². The van der Waals surface area contributed by atoms with Crippen LogP contribution in [0.1, 0.15) is 18.4 Å². The predicted octanol–water partition coefficient (Wildman–Crippen LogP) is 3.08. The van der Waals surface area contributed by atoms with Gasteiger partial charge < -0.3 is 14.0 Å². The van der Waals surface area contributed by atoms with Gasteiger partial charge in [0.25, 0.3) is 5.92 Å². The van der Waals surface area contributed by atoms with E-state index in [2.05, 4.69) is 15.5 Å². The Labute approximate surface area is 135 Å². The molecular weight excluding hydrogens is 332 g/mol. The first-order chi connectivity index (χ1) is 10.9. The van der Waals surface area contributed by atoms with E-state index in [9.17, 15) is 8.78 Å². The minimum atomic E-state index is -2.77. The summed E-state index contributed by atoms with van der Waals surface area (Å²) >= 11 is 6.13. The highest BCUT2D eigenvalue weighted by Gasteiger charge is 2.42. The van der Waals surface area contributed by atoms with E-state index in [1.54, 1.807) is 12.1 Å². The maximum atomic E-state index is 13.2. The Morgan fingerprint density at radius 1 is 1.35 bits per heavy atom. The summed E-state index contributed by atoms with van der Waals surface area (Å²) in [4.78, 5) is 4.17. The fourth-order valence-corrected chi connectivity index (χ4v) is 2.72. The van der Waals surface area contributed by atoms with Gasteiger partial charge in [-0.05, 0) is 12.1 Å². The molecule has 1 aliphatic rings. The highest BCUT2D eigenvalue weighted by atomic mass is 35.5. The van der Waals surface area contributed by atoms with Crippen molar-refractivity contribution in [2.75, 3.05) is 20.8 Å². The summed E-state index contributed by atoms with van der Waals surface area (Å²) in [6.07, 6.45) is -0.374. The van der Waals surface area contributed by atoms with E-state index < -0.39 is 18.5 Å². The van der Waals surface area contributed by atoms with E-state index in [0.29, 0.717) is 22.1 Å². The van der Waals surface area contributed by atoms with Gasteiger partial charge in [0.1, 0.15) is 0 Å². The van der Waals surface area contributed by atoms with Crippen LogP contribution in [0.25, 0.3) is 11.4 Å². The molecule has 3 rings (SSSR count). The first-order valence-electron chi connectivity index (χ1n) is 6.80. The molecule has 1 atom stereocenters. The molecule has 0 aliphatic carbocycles. The van der Waals surface area contributed by atoms with E-state index in [-0.39, 0.29) is 18.1 Å². The van der Waals surface area contributed by atoms with Crippen LogP contribution in [-0.4, -0.2) is 36.8 Å². The van der Waals surface area contributed by atoms with Gasteiger partial charge in [0.15, 0.2) is 11.5 Å². The number of hydrogen-bond donors (Lipinski definition) is 1. The Bertz CT molecular complexity index is 723. The maximum Gasteiger partial charge on any atom is 0.262 e. The number of hydrogen-bond acceptors (Lipinski definition) is 6. The third kappa shape index (κ3) is 3.09. The van der Waals surface area contributed by atoms with Crippen molar-refractivity contribution >= 4 is 11.6 Å². The number of rotatable bonds is 4. The zero-order valence-corrected chi connectivity index (χ0v) is 13.2. The number of nitrogens with zero attached hydrogens (tertiary/aromatic N) is 2. The van der Waals surface area contributed by atoms with Crippen molar-refractivity contribution in [3.8, 4) is 22.9 Å². The van der Waals surface area contributed by atoms with Gasteiger partial charge >= 0.3 is 0 Å². The molecule has 1 saturated heterocycles. The molecule has 1 aromatic carbocycles. The van der Waals surface area contributed by atoms with Crippen LogP contribution >= 0.6 is 11.6 Å². The molecule has 0 radical (unpaired) electrons. The molecule has 1 fully saturated rings. The van der Waals surface area contributed by atoms with Gasteiger partial charge in [-0.15, -0.1) is 0 Å². The minimum absolute atomic E-state index is 0.114. The van der Waals surface area contributed by atoms with Crippen LogP contribution in [0.15, 0.2) is 16.7 Å². The number of alkyl halides is 2. The monoisotopic (exact) mass is 345 g/mol. The average molecular weight is 346 g/mol. The topological polar surface area (TPSA) is 69.4 Å². The van der Waals surface area contributed by atoms with Crippen LogP contribution in [0.4, 0.5) is 8.78 Å². The van der Waals surface area contributed by atoms with Crippen LogP contribution in [0.3, 0.4) is 0 Å². The lowest BCUT2D eigenvalue weighted by molar-refractivity contribution is 0.0200. The zero-order chi connectivity index (χ0) is 16.6. The van der Waals surface area contributed by atoms with Crippen molar-refractivity contribution in [3.05, 3.63) is 23.0 Å². The van der Waals surface area contributed by atoms with Crippen LogP contribution in [0, 0.1) is 0 Å². The average Bonchev–Trinajstić information content (AvgIpc) is 3.12. The van der Waals surface area contributed by atoms with Gasteiger partial charge in [0.2, 0.25) is 11.7 Å². The van der Waals surface area contributed by atoms with Crippen molar-refractivity contribution in [3.63, 3.8) is 0 Å². The molecule has 6 nitrogen and oxygen atoms in total. The third-order valence-corrected chi connectivity index (χ3v) is 3.82. The van der Waals surface area contributed by atoms with Crippen LogP contribution in [0.5, 0.6) is 11.5 Å². The first kappa shape index (κ1) is 15.9. The van der Waals surface area contributed by atoms with E-state index >= 15 is 0 Å². The Hall–Kier alpha value is -1.93. The maximum absolute atomic E-state index is 13.2. The summed E-state index contributed by atoms with van der Waals surface area (Å²) < 4.78 is 41.9. The Morgan fingerprint density at radius 2 is 2.13 bits per heavy atom. The quantitative estimate of drug-likeness (QED) is 0.918. The number of halogens is 3. The van der Waals surface area contributed by atoms with E-state index in [1.165, 1.54) is 14.2 Å². The summed E-state index contributed by atoms with van der Waals surface area (Å²) in [5, 5.41) is 6.81. The standard InChI is InChI=1S/C14H14ClF2N3O3/c1-21-10-4-7(3-8(15)11(10)22-2)12-19-13(23-20-12)9-5-14(16,17)6-18-9/h3-4,9,18H,5-6H2,1-2H3. The summed E-state index contributed by atoms with van der Waals surface area (Å²) in [5.41, 5.74) is 0.535. The summed E-state index contributed by atoms with van der Waals surface area (Å²) in [6.45, 7) is -0.405. The van der Waals surface area contributed by atoms with Crippen molar-refractivity contribution in [1.82, 2.24) is 15.5 Å². The zero-order valence-electron chi connectivity index (χ0n) is 12.4. The Kier molecular flexibility index (Phi) is 4.11. The lowest BCUT2D eigenvalue weighted by atomic mass is 10.1. The third-order valence-electron chi connectivity index (χ3n) is 3.54. The van der Waals surface area contributed by atoms with Crippen molar-refractivity contribution < 1.29 is 22.8 Å². The van der Waals surface area contributed by atoms with Gasteiger partial charge in [-0.3, -0.25) is 5.32 Å². The molecule has 1 aliphatic heterocycles. The Morgan fingerprint density at radius 3 is 2.74 bits per heavy atom.